The molecule has 3 nitrogen and oxygen atoms in total. The molecule has 118 valence electrons. The van der Waals surface area contributed by atoms with Crippen LogP contribution in [0.4, 0.5) is 0 Å². The van der Waals surface area contributed by atoms with E-state index in [9.17, 15) is 10.1 Å². The van der Waals surface area contributed by atoms with Gasteiger partial charge in [0.15, 0.2) is 0 Å². The molecule has 0 radical (unpaired) electrons. The van der Waals surface area contributed by atoms with Crippen LogP contribution in [0, 0.1) is 11.3 Å². The smallest absolute Gasteiger partial charge is 0.315 e. The van der Waals surface area contributed by atoms with Gasteiger partial charge in [0.05, 0.1) is 18.6 Å². The Hall–Kier alpha value is -2.02. The number of esters is 1. The van der Waals surface area contributed by atoms with E-state index in [1.54, 1.807) is 55.5 Å². The van der Waals surface area contributed by atoms with Crippen LogP contribution in [0.3, 0.4) is 0 Å². The van der Waals surface area contributed by atoms with Crippen LogP contribution in [0.15, 0.2) is 48.5 Å². The van der Waals surface area contributed by atoms with Crippen LogP contribution in [-0.2, 0) is 9.53 Å². The Morgan fingerprint density at radius 2 is 1.83 bits per heavy atom. The van der Waals surface area contributed by atoms with Gasteiger partial charge in [-0.2, -0.15) is 5.26 Å². The van der Waals surface area contributed by atoms with Crippen molar-refractivity contribution in [1.82, 2.24) is 0 Å². The zero-order valence-electron chi connectivity index (χ0n) is 12.5. The van der Waals surface area contributed by atoms with Crippen molar-refractivity contribution in [2.24, 2.45) is 0 Å². The lowest BCUT2D eigenvalue weighted by atomic mass is 9.82. The number of hydrogen-bond donors (Lipinski definition) is 0. The minimum atomic E-state index is -0.796. The Kier molecular flexibility index (Phi) is 6.04. The Bertz CT molecular complexity index is 723. The number of halogens is 2. The molecule has 0 aliphatic heterocycles. The maximum absolute atomic E-state index is 12.5. The van der Waals surface area contributed by atoms with Gasteiger partial charge < -0.3 is 4.74 Å². The molecular weight excluding hydrogens is 333 g/mol. The summed E-state index contributed by atoms with van der Waals surface area (Å²) >= 11 is 12.1. The van der Waals surface area contributed by atoms with Gasteiger partial charge in [0.25, 0.3) is 0 Å². The molecular formula is C18H15Cl2NO2. The van der Waals surface area contributed by atoms with Crippen LogP contribution in [0.25, 0.3) is 0 Å². The van der Waals surface area contributed by atoms with Gasteiger partial charge in [0.1, 0.15) is 5.92 Å². The quantitative estimate of drug-likeness (QED) is 0.719. The molecule has 0 N–H and O–H groups in total. The first kappa shape index (κ1) is 17.3. The van der Waals surface area contributed by atoms with Crippen LogP contribution in [0.5, 0.6) is 0 Å². The lowest BCUT2D eigenvalue weighted by Crippen LogP contribution is -2.22. The van der Waals surface area contributed by atoms with E-state index in [4.69, 9.17) is 27.9 Å². The Labute approximate surface area is 145 Å². The summed E-state index contributed by atoms with van der Waals surface area (Å²) in [4.78, 5) is 12.5. The molecule has 23 heavy (non-hydrogen) atoms. The molecule has 2 unspecified atom stereocenters. The first-order valence-corrected chi connectivity index (χ1v) is 7.90. The predicted molar refractivity (Wildman–Crippen MR) is 90.6 cm³/mol. The van der Waals surface area contributed by atoms with E-state index < -0.39 is 17.8 Å². The second kappa shape index (κ2) is 8.01. The monoisotopic (exact) mass is 347 g/mol. The standard InChI is InChI=1S/C18H15Cl2NO2/c1-2-23-18(22)17(14-5-3-4-6-16(14)20)15(11-21)12-7-9-13(19)10-8-12/h3-10,15,17H,2H2,1H3. The van der Waals surface area contributed by atoms with Crippen molar-refractivity contribution in [1.29, 1.82) is 5.26 Å². The molecule has 0 amide bonds. The Morgan fingerprint density at radius 3 is 2.39 bits per heavy atom. The second-order valence-corrected chi connectivity index (χ2v) is 5.75. The maximum atomic E-state index is 12.5. The number of nitriles is 1. The van der Waals surface area contributed by atoms with Gasteiger partial charge in [-0.1, -0.05) is 53.5 Å². The van der Waals surface area contributed by atoms with E-state index in [0.29, 0.717) is 21.2 Å². The van der Waals surface area contributed by atoms with Gasteiger partial charge in [-0.15, -0.1) is 0 Å². The van der Waals surface area contributed by atoms with Crippen LogP contribution in [0.2, 0.25) is 10.0 Å². The first-order chi connectivity index (χ1) is 11.1. The highest BCUT2D eigenvalue weighted by atomic mass is 35.5. The Morgan fingerprint density at radius 1 is 1.17 bits per heavy atom. The zero-order valence-corrected chi connectivity index (χ0v) is 14.0. The maximum Gasteiger partial charge on any atom is 0.315 e. The lowest BCUT2D eigenvalue weighted by molar-refractivity contribution is -0.145. The fourth-order valence-corrected chi connectivity index (χ4v) is 2.79. The number of hydrogen-bond acceptors (Lipinski definition) is 3. The van der Waals surface area contributed by atoms with E-state index in [1.165, 1.54) is 0 Å². The molecule has 2 aromatic carbocycles. The summed E-state index contributed by atoms with van der Waals surface area (Å²) < 4.78 is 5.17. The minimum absolute atomic E-state index is 0.235. The summed E-state index contributed by atoms with van der Waals surface area (Å²) in [5.41, 5.74) is 1.27. The fraction of sp³-hybridized carbons (Fsp3) is 0.222. The zero-order chi connectivity index (χ0) is 16.8. The molecule has 2 rings (SSSR count). The van der Waals surface area contributed by atoms with Crippen LogP contribution < -0.4 is 0 Å². The van der Waals surface area contributed by atoms with Gasteiger partial charge in [0.2, 0.25) is 0 Å². The SMILES string of the molecule is CCOC(=O)C(c1ccccc1Cl)C(C#N)c1ccc(Cl)cc1. The number of nitrogens with zero attached hydrogens (tertiary/aromatic N) is 1. The molecule has 0 saturated heterocycles. The van der Waals surface area contributed by atoms with E-state index in [-0.39, 0.29) is 6.61 Å². The molecule has 2 atom stereocenters. The van der Waals surface area contributed by atoms with Crippen molar-refractivity contribution in [3.63, 3.8) is 0 Å². The molecule has 0 aromatic heterocycles. The highest BCUT2D eigenvalue weighted by Crippen LogP contribution is 2.37. The molecule has 0 heterocycles. The molecule has 0 fully saturated rings. The topological polar surface area (TPSA) is 50.1 Å². The van der Waals surface area contributed by atoms with Gasteiger partial charge in [-0.25, -0.2) is 0 Å². The first-order valence-electron chi connectivity index (χ1n) is 7.14. The largest absolute Gasteiger partial charge is 0.465 e. The normalized spacial score (nSPS) is 13.0. The van der Waals surface area contributed by atoms with Gasteiger partial charge in [-0.3, -0.25) is 4.79 Å². The number of carbonyl (C=O) groups is 1. The van der Waals surface area contributed by atoms with Crippen LogP contribution in [-0.4, -0.2) is 12.6 Å². The van der Waals surface area contributed by atoms with Crippen molar-refractivity contribution in [3.05, 3.63) is 69.7 Å². The average Bonchev–Trinajstić information content (AvgIpc) is 2.55. The molecule has 2 aromatic rings. The third kappa shape index (κ3) is 4.04. The molecule has 0 aliphatic carbocycles. The summed E-state index contributed by atoms with van der Waals surface area (Å²) in [6.45, 7) is 1.96. The van der Waals surface area contributed by atoms with E-state index in [1.807, 2.05) is 0 Å². The number of rotatable bonds is 5. The van der Waals surface area contributed by atoms with Gasteiger partial charge in [0, 0.05) is 10.0 Å². The van der Waals surface area contributed by atoms with Crippen LogP contribution >= 0.6 is 23.2 Å². The third-order valence-corrected chi connectivity index (χ3v) is 4.08. The summed E-state index contributed by atoms with van der Waals surface area (Å²) in [5, 5.41) is 10.7. The second-order valence-electron chi connectivity index (χ2n) is 4.91. The number of benzene rings is 2. The third-order valence-electron chi connectivity index (χ3n) is 3.48. The Balaban J connectivity index is 2.51. The number of ether oxygens (including phenoxy) is 1. The van der Waals surface area contributed by atoms with Gasteiger partial charge >= 0.3 is 5.97 Å². The van der Waals surface area contributed by atoms with Crippen LogP contribution in [0.1, 0.15) is 29.9 Å². The fourth-order valence-electron chi connectivity index (χ4n) is 2.41. The summed E-state index contributed by atoms with van der Waals surface area (Å²) in [6.07, 6.45) is 0. The lowest BCUT2D eigenvalue weighted by Gasteiger charge is -2.22. The van der Waals surface area contributed by atoms with Crippen molar-refractivity contribution in [3.8, 4) is 6.07 Å². The average molecular weight is 348 g/mol. The molecule has 0 spiro atoms. The molecule has 5 heteroatoms. The summed E-state index contributed by atoms with van der Waals surface area (Å²) in [5.74, 6) is -1.98. The van der Waals surface area contributed by atoms with E-state index >= 15 is 0 Å². The van der Waals surface area contributed by atoms with Gasteiger partial charge in [-0.05, 0) is 36.2 Å². The molecule has 0 bridgehead atoms. The minimum Gasteiger partial charge on any atom is -0.465 e. The van der Waals surface area contributed by atoms with Crippen molar-refractivity contribution in [2.45, 2.75) is 18.8 Å². The predicted octanol–water partition coefficient (Wildman–Crippen LogP) is 4.95. The van der Waals surface area contributed by atoms with E-state index in [2.05, 4.69) is 6.07 Å². The number of carbonyl (C=O) groups excluding carboxylic acids is 1. The summed E-state index contributed by atoms with van der Waals surface area (Å²) in [7, 11) is 0. The van der Waals surface area contributed by atoms with Crippen molar-refractivity contribution >= 4 is 29.2 Å². The summed E-state index contributed by atoms with van der Waals surface area (Å²) in [6, 6.07) is 16.0. The highest BCUT2D eigenvalue weighted by Gasteiger charge is 2.34. The van der Waals surface area contributed by atoms with E-state index in [0.717, 1.165) is 0 Å². The van der Waals surface area contributed by atoms with Crippen molar-refractivity contribution in [2.75, 3.05) is 6.61 Å². The molecule has 0 saturated carbocycles. The van der Waals surface area contributed by atoms with Crippen molar-refractivity contribution < 1.29 is 9.53 Å². The highest BCUT2D eigenvalue weighted by molar-refractivity contribution is 6.31. The molecule has 0 aliphatic rings.